The van der Waals surface area contributed by atoms with E-state index in [1.165, 1.54) is 25.0 Å². The number of amides is 1. The number of hydrogen-bond acceptors (Lipinski definition) is 3. The SMILES string of the molecule is CCSC1CCC(N(C)C(=O)CCNC)C1. The van der Waals surface area contributed by atoms with Crippen LogP contribution in [0.15, 0.2) is 0 Å². The highest BCUT2D eigenvalue weighted by atomic mass is 32.2. The molecule has 1 N–H and O–H groups in total. The summed E-state index contributed by atoms with van der Waals surface area (Å²) in [5.41, 5.74) is 0. The Bertz CT molecular complexity index is 223. The average Bonchev–Trinajstić information content (AvgIpc) is 2.74. The van der Waals surface area contributed by atoms with Crippen molar-refractivity contribution >= 4 is 17.7 Å². The highest BCUT2D eigenvalue weighted by Crippen LogP contribution is 2.32. The molecule has 2 unspecified atom stereocenters. The number of carbonyl (C=O) groups is 1. The van der Waals surface area contributed by atoms with Crippen molar-refractivity contribution in [2.45, 2.75) is 43.9 Å². The Morgan fingerprint density at radius 3 is 2.88 bits per heavy atom. The quantitative estimate of drug-likeness (QED) is 0.772. The summed E-state index contributed by atoms with van der Waals surface area (Å²) in [4.78, 5) is 13.8. The lowest BCUT2D eigenvalue weighted by Gasteiger charge is -2.24. The van der Waals surface area contributed by atoms with Crippen LogP contribution in [0.4, 0.5) is 0 Å². The fourth-order valence-corrected chi connectivity index (χ4v) is 3.40. The smallest absolute Gasteiger partial charge is 0.223 e. The molecule has 0 heterocycles. The highest BCUT2D eigenvalue weighted by molar-refractivity contribution is 7.99. The molecule has 0 aromatic rings. The molecule has 4 heteroatoms. The molecule has 0 aliphatic heterocycles. The molecule has 3 nitrogen and oxygen atoms in total. The van der Waals surface area contributed by atoms with Gasteiger partial charge in [0.1, 0.15) is 0 Å². The Morgan fingerprint density at radius 2 is 2.25 bits per heavy atom. The van der Waals surface area contributed by atoms with Crippen LogP contribution in [-0.4, -0.2) is 48.5 Å². The van der Waals surface area contributed by atoms with Crippen LogP contribution in [0.2, 0.25) is 0 Å². The van der Waals surface area contributed by atoms with Gasteiger partial charge < -0.3 is 10.2 Å². The van der Waals surface area contributed by atoms with E-state index in [2.05, 4.69) is 12.2 Å². The summed E-state index contributed by atoms with van der Waals surface area (Å²) in [5.74, 6) is 1.47. The Balaban J connectivity index is 2.32. The third kappa shape index (κ3) is 3.98. The Labute approximate surface area is 103 Å². The first-order valence-corrected chi connectivity index (χ1v) is 7.25. The first kappa shape index (κ1) is 13.8. The fourth-order valence-electron chi connectivity index (χ4n) is 2.27. The summed E-state index contributed by atoms with van der Waals surface area (Å²) >= 11 is 2.04. The molecule has 0 bridgehead atoms. The fraction of sp³-hybridized carbons (Fsp3) is 0.917. The number of thioether (sulfide) groups is 1. The van der Waals surface area contributed by atoms with Crippen molar-refractivity contribution in [1.29, 1.82) is 0 Å². The molecule has 16 heavy (non-hydrogen) atoms. The molecule has 0 aromatic heterocycles. The summed E-state index contributed by atoms with van der Waals surface area (Å²) in [6.45, 7) is 2.99. The van der Waals surface area contributed by atoms with Gasteiger partial charge in [-0.15, -0.1) is 0 Å². The summed E-state index contributed by atoms with van der Waals surface area (Å²) in [6, 6.07) is 0.480. The maximum absolute atomic E-state index is 11.8. The maximum atomic E-state index is 11.8. The van der Waals surface area contributed by atoms with Crippen molar-refractivity contribution in [3.05, 3.63) is 0 Å². The minimum Gasteiger partial charge on any atom is -0.343 e. The van der Waals surface area contributed by atoms with Crippen LogP contribution >= 0.6 is 11.8 Å². The van der Waals surface area contributed by atoms with Gasteiger partial charge in [0.05, 0.1) is 0 Å². The van der Waals surface area contributed by atoms with E-state index in [0.717, 1.165) is 11.8 Å². The molecule has 0 aromatic carbocycles. The van der Waals surface area contributed by atoms with Crippen molar-refractivity contribution in [2.24, 2.45) is 0 Å². The molecule has 1 aliphatic rings. The van der Waals surface area contributed by atoms with Crippen LogP contribution < -0.4 is 5.32 Å². The van der Waals surface area contributed by atoms with Gasteiger partial charge in [0.25, 0.3) is 0 Å². The van der Waals surface area contributed by atoms with E-state index in [-0.39, 0.29) is 5.91 Å². The molecule has 2 atom stereocenters. The number of nitrogens with one attached hydrogen (secondary N) is 1. The van der Waals surface area contributed by atoms with Crippen LogP contribution in [0.3, 0.4) is 0 Å². The monoisotopic (exact) mass is 244 g/mol. The van der Waals surface area contributed by atoms with E-state index in [4.69, 9.17) is 0 Å². The van der Waals surface area contributed by atoms with Gasteiger partial charge in [-0.05, 0) is 32.1 Å². The molecule has 1 saturated carbocycles. The molecule has 1 fully saturated rings. The second-order valence-corrected chi connectivity index (χ2v) is 5.98. The molecular formula is C12H24N2OS. The van der Waals surface area contributed by atoms with Gasteiger partial charge >= 0.3 is 0 Å². The van der Waals surface area contributed by atoms with Gasteiger partial charge in [-0.1, -0.05) is 6.92 Å². The molecular weight excluding hydrogens is 220 g/mol. The zero-order valence-corrected chi connectivity index (χ0v) is 11.5. The third-order valence-electron chi connectivity index (χ3n) is 3.29. The predicted octanol–water partition coefficient (Wildman–Crippen LogP) is 1.73. The number of carbonyl (C=O) groups excluding carboxylic acids is 1. The Kier molecular flexibility index (Phi) is 6.21. The number of hydrogen-bond donors (Lipinski definition) is 1. The minimum absolute atomic E-state index is 0.279. The number of rotatable bonds is 6. The summed E-state index contributed by atoms with van der Waals surface area (Å²) in [5, 5.41) is 3.79. The van der Waals surface area contributed by atoms with Crippen LogP contribution in [0.5, 0.6) is 0 Å². The zero-order valence-electron chi connectivity index (χ0n) is 10.7. The van der Waals surface area contributed by atoms with Crippen LogP contribution in [0.25, 0.3) is 0 Å². The van der Waals surface area contributed by atoms with Crippen LogP contribution in [0, 0.1) is 0 Å². The summed E-state index contributed by atoms with van der Waals surface area (Å²) in [6.07, 6.45) is 4.25. The first-order valence-electron chi connectivity index (χ1n) is 6.20. The van der Waals surface area contributed by atoms with Crippen LogP contribution in [0.1, 0.15) is 32.6 Å². The lowest BCUT2D eigenvalue weighted by molar-refractivity contribution is -0.131. The minimum atomic E-state index is 0.279. The zero-order chi connectivity index (χ0) is 12.0. The summed E-state index contributed by atoms with van der Waals surface area (Å²) < 4.78 is 0. The van der Waals surface area contributed by atoms with Gasteiger partial charge in [0.2, 0.25) is 5.91 Å². The molecule has 0 radical (unpaired) electrons. The van der Waals surface area contributed by atoms with E-state index in [0.29, 0.717) is 12.5 Å². The van der Waals surface area contributed by atoms with Gasteiger partial charge in [-0.3, -0.25) is 4.79 Å². The predicted molar refractivity (Wildman–Crippen MR) is 70.9 cm³/mol. The van der Waals surface area contributed by atoms with E-state index >= 15 is 0 Å². The van der Waals surface area contributed by atoms with Crippen LogP contribution in [-0.2, 0) is 4.79 Å². The highest BCUT2D eigenvalue weighted by Gasteiger charge is 2.29. The van der Waals surface area contributed by atoms with Crippen molar-refractivity contribution in [1.82, 2.24) is 10.2 Å². The lowest BCUT2D eigenvalue weighted by atomic mass is 10.2. The maximum Gasteiger partial charge on any atom is 0.223 e. The van der Waals surface area contributed by atoms with Gasteiger partial charge in [-0.2, -0.15) is 11.8 Å². The second kappa shape index (κ2) is 7.17. The molecule has 94 valence electrons. The first-order chi connectivity index (χ1) is 7.69. The van der Waals surface area contributed by atoms with Crippen molar-refractivity contribution in [3.8, 4) is 0 Å². The van der Waals surface area contributed by atoms with Crippen molar-refractivity contribution < 1.29 is 4.79 Å². The Hall–Kier alpha value is -0.220. The van der Waals surface area contributed by atoms with E-state index in [9.17, 15) is 4.79 Å². The van der Waals surface area contributed by atoms with Gasteiger partial charge in [-0.25, -0.2) is 0 Å². The second-order valence-electron chi connectivity index (χ2n) is 4.40. The van der Waals surface area contributed by atoms with Crippen molar-refractivity contribution in [2.75, 3.05) is 26.4 Å². The van der Waals surface area contributed by atoms with Gasteiger partial charge in [0.15, 0.2) is 0 Å². The van der Waals surface area contributed by atoms with E-state index < -0.39 is 0 Å². The Morgan fingerprint density at radius 1 is 1.50 bits per heavy atom. The van der Waals surface area contributed by atoms with Crippen molar-refractivity contribution in [3.63, 3.8) is 0 Å². The third-order valence-corrected chi connectivity index (χ3v) is 4.52. The molecule has 1 aliphatic carbocycles. The van der Waals surface area contributed by atoms with Gasteiger partial charge in [0, 0.05) is 31.3 Å². The number of nitrogens with zero attached hydrogens (tertiary/aromatic N) is 1. The molecule has 0 spiro atoms. The molecule has 0 saturated heterocycles. The largest absolute Gasteiger partial charge is 0.343 e. The normalized spacial score (nSPS) is 24.7. The van der Waals surface area contributed by atoms with E-state index in [1.807, 2.05) is 30.8 Å². The summed E-state index contributed by atoms with van der Waals surface area (Å²) in [7, 11) is 3.85. The molecule has 1 amide bonds. The average molecular weight is 244 g/mol. The van der Waals surface area contributed by atoms with E-state index in [1.54, 1.807) is 0 Å². The lowest BCUT2D eigenvalue weighted by Crippen LogP contribution is -2.36. The topological polar surface area (TPSA) is 32.3 Å². The molecule has 1 rings (SSSR count). The standard InChI is InChI=1S/C12H24N2OS/c1-4-16-11-6-5-10(9-11)14(3)12(15)7-8-13-2/h10-11,13H,4-9H2,1-3H3.